The average molecular weight is 404 g/mol. The van der Waals surface area contributed by atoms with E-state index in [9.17, 15) is 9.59 Å². The van der Waals surface area contributed by atoms with Crippen LogP contribution in [-0.2, 0) is 16.1 Å². The molecule has 4 rings (SSSR count). The molecule has 2 aromatic carbocycles. The van der Waals surface area contributed by atoms with E-state index in [4.69, 9.17) is 5.73 Å². The van der Waals surface area contributed by atoms with Gasteiger partial charge in [-0.2, -0.15) is 0 Å². The number of carbonyl (C=O) groups excluding carboxylic acids is 2. The molecule has 6 nitrogen and oxygen atoms in total. The third-order valence-corrected chi connectivity index (χ3v) is 5.43. The number of aliphatic imine (C=N–C) groups is 1. The zero-order valence-corrected chi connectivity index (χ0v) is 16.9. The number of hydrogen-bond acceptors (Lipinski definition) is 4. The smallest absolute Gasteiger partial charge is 0.264 e. The van der Waals surface area contributed by atoms with E-state index in [1.165, 1.54) is 11.8 Å². The van der Waals surface area contributed by atoms with Crippen LogP contribution in [0.15, 0.2) is 58.6 Å². The van der Waals surface area contributed by atoms with Gasteiger partial charge in [0, 0.05) is 22.7 Å². The van der Waals surface area contributed by atoms with Gasteiger partial charge in [-0.1, -0.05) is 24.3 Å². The number of benzene rings is 2. The number of aryl methyl sites for hydroxylation is 2. The van der Waals surface area contributed by atoms with Crippen molar-refractivity contribution >= 4 is 51.4 Å². The van der Waals surface area contributed by atoms with Gasteiger partial charge in [-0.05, 0) is 61.0 Å². The van der Waals surface area contributed by atoms with Crippen molar-refractivity contribution in [1.82, 2.24) is 9.88 Å². The number of nitrogens with two attached hydrogens (primary N) is 1. The number of para-hydroxylation sites is 1. The van der Waals surface area contributed by atoms with Gasteiger partial charge in [0.2, 0.25) is 5.91 Å². The molecule has 146 valence electrons. The molecule has 7 heteroatoms. The highest BCUT2D eigenvalue weighted by Crippen LogP contribution is 2.31. The molecule has 29 heavy (non-hydrogen) atoms. The maximum atomic E-state index is 12.5. The Kier molecular flexibility index (Phi) is 4.98. The molecule has 2 heterocycles. The van der Waals surface area contributed by atoms with E-state index in [1.807, 2.05) is 62.5 Å². The van der Waals surface area contributed by atoms with Crippen LogP contribution in [0, 0.1) is 13.8 Å². The molecule has 3 aromatic rings. The Labute approximate surface area is 172 Å². The molecule has 2 amide bonds. The van der Waals surface area contributed by atoms with E-state index >= 15 is 0 Å². The van der Waals surface area contributed by atoms with Gasteiger partial charge in [0.15, 0.2) is 5.17 Å². The summed E-state index contributed by atoms with van der Waals surface area (Å²) in [7, 11) is 0. The van der Waals surface area contributed by atoms with Crippen LogP contribution in [0.4, 0.5) is 5.69 Å². The lowest BCUT2D eigenvalue weighted by Gasteiger charge is -2.00. The van der Waals surface area contributed by atoms with Gasteiger partial charge in [-0.15, -0.1) is 0 Å². The Balaban J connectivity index is 1.68. The molecule has 0 spiro atoms. The lowest BCUT2D eigenvalue weighted by molar-refractivity contribution is -0.118. The molecule has 3 N–H and O–H groups in total. The Hall–Kier alpha value is -3.32. The third kappa shape index (κ3) is 4.09. The van der Waals surface area contributed by atoms with Gasteiger partial charge >= 0.3 is 0 Å². The fraction of sp³-hybridized carbons (Fsp3) is 0.136. The number of hydrogen-bond donors (Lipinski definition) is 2. The average Bonchev–Trinajstić information content (AvgIpc) is 3.15. The van der Waals surface area contributed by atoms with E-state index in [0.717, 1.165) is 33.3 Å². The molecular formula is C22H20N4O2S. The minimum atomic E-state index is -0.416. The molecule has 0 saturated carbocycles. The summed E-state index contributed by atoms with van der Waals surface area (Å²) in [5.41, 5.74) is 10.2. The van der Waals surface area contributed by atoms with Crippen LogP contribution in [0.1, 0.15) is 16.7 Å². The van der Waals surface area contributed by atoms with E-state index < -0.39 is 5.91 Å². The molecule has 0 atom stereocenters. The Bertz CT molecular complexity index is 1190. The summed E-state index contributed by atoms with van der Waals surface area (Å²) in [6, 6.07) is 13.8. The molecule has 0 bridgehead atoms. The Morgan fingerprint density at radius 2 is 1.93 bits per heavy atom. The molecule has 1 aromatic heterocycles. The third-order valence-electron chi connectivity index (χ3n) is 4.52. The Morgan fingerprint density at radius 3 is 2.66 bits per heavy atom. The first-order valence-corrected chi connectivity index (χ1v) is 9.95. The fourth-order valence-electron chi connectivity index (χ4n) is 3.44. The molecule has 1 aliphatic heterocycles. The van der Waals surface area contributed by atoms with Crippen LogP contribution in [-0.4, -0.2) is 21.5 Å². The van der Waals surface area contributed by atoms with Crippen LogP contribution in [0.5, 0.6) is 0 Å². The van der Waals surface area contributed by atoms with Gasteiger partial charge in [-0.25, -0.2) is 4.99 Å². The maximum absolute atomic E-state index is 12.5. The van der Waals surface area contributed by atoms with Gasteiger partial charge in [0.1, 0.15) is 6.54 Å². The molecular weight excluding hydrogens is 384 g/mol. The molecule has 1 saturated heterocycles. The number of thioether (sulfide) groups is 1. The van der Waals surface area contributed by atoms with Crippen molar-refractivity contribution < 1.29 is 9.59 Å². The first kappa shape index (κ1) is 19.0. The Morgan fingerprint density at radius 1 is 1.21 bits per heavy atom. The summed E-state index contributed by atoms with van der Waals surface area (Å²) >= 11 is 1.30. The van der Waals surface area contributed by atoms with Gasteiger partial charge in [0.25, 0.3) is 5.91 Å². The summed E-state index contributed by atoms with van der Waals surface area (Å²) in [5, 5.41) is 4.32. The fourth-order valence-corrected chi connectivity index (χ4v) is 4.28. The van der Waals surface area contributed by atoms with Crippen LogP contribution in [0.25, 0.3) is 17.0 Å². The number of aromatic nitrogens is 1. The van der Waals surface area contributed by atoms with Crippen molar-refractivity contribution in [3.8, 4) is 0 Å². The van der Waals surface area contributed by atoms with E-state index in [2.05, 4.69) is 16.4 Å². The number of fused-ring (bicyclic) bond motifs is 1. The highest BCUT2D eigenvalue weighted by molar-refractivity contribution is 8.18. The zero-order valence-electron chi connectivity index (χ0n) is 16.1. The number of amides is 2. The minimum absolute atomic E-state index is 0.0858. The number of nitrogens with zero attached hydrogens (tertiary/aromatic N) is 2. The topological polar surface area (TPSA) is 89.5 Å². The minimum Gasteiger partial charge on any atom is -0.368 e. The standard InChI is InChI=1S/C22H20N4O2S/c1-13-7-14(2)9-16(8-13)24-22-25-21(28)19(29-22)10-15-11-26(12-20(23)27)18-6-4-3-5-17(15)18/h3-11H,12H2,1-2H3,(H2,23,27)(H,24,25,28)/b19-10-. The SMILES string of the molecule is Cc1cc(C)cc(N=C2NC(=O)/C(=C/c3cn(CC(N)=O)c4ccccc34)S2)c1. The first-order chi connectivity index (χ1) is 13.9. The van der Waals surface area contributed by atoms with Crippen LogP contribution in [0.3, 0.4) is 0 Å². The maximum Gasteiger partial charge on any atom is 0.264 e. The molecule has 0 unspecified atom stereocenters. The van der Waals surface area contributed by atoms with Gasteiger partial charge in [-0.3, -0.25) is 9.59 Å². The second kappa shape index (κ2) is 7.60. The van der Waals surface area contributed by atoms with Crippen molar-refractivity contribution in [3.63, 3.8) is 0 Å². The molecule has 1 aliphatic rings. The summed E-state index contributed by atoms with van der Waals surface area (Å²) in [5.74, 6) is -0.606. The highest BCUT2D eigenvalue weighted by atomic mass is 32.2. The van der Waals surface area contributed by atoms with Crippen molar-refractivity contribution in [1.29, 1.82) is 0 Å². The largest absolute Gasteiger partial charge is 0.368 e. The van der Waals surface area contributed by atoms with Crippen molar-refractivity contribution in [2.45, 2.75) is 20.4 Å². The normalized spacial score (nSPS) is 16.7. The summed E-state index contributed by atoms with van der Waals surface area (Å²) in [4.78, 5) is 29.0. The van der Waals surface area contributed by atoms with Crippen molar-refractivity contribution in [2.75, 3.05) is 0 Å². The number of rotatable bonds is 4. The zero-order chi connectivity index (χ0) is 20.5. The monoisotopic (exact) mass is 404 g/mol. The van der Waals surface area contributed by atoms with E-state index in [1.54, 1.807) is 4.57 Å². The van der Waals surface area contributed by atoms with Crippen LogP contribution in [0.2, 0.25) is 0 Å². The molecule has 1 fully saturated rings. The van der Waals surface area contributed by atoms with Gasteiger partial charge < -0.3 is 15.6 Å². The van der Waals surface area contributed by atoms with E-state index in [0.29, 0.717) is 10.1 Å². The second-order valence-electron chi connectivity index (χ2n) is 7.02. The summed E-state index contributed by atoms with van der Waals surface area (Å²) in [6.45, 7) is 4.12. The number of amidine groups is 1. The first-order valence-electron chi connectivity index (χ1n) is 9.13. The van der Waals surface area contributed by atoms with Crippen molar-refractivity contribution in [2.24, 2.45) is 10.7 Å². The number of nitrogens with one attached hydrogen (secondary N) is 1. The lowest BCUT2D eigenvalue weighted by atomic mass is 10.1. The van der Waals surface area contributed by atoms with Crippen molar-refractivity contribution in [3.05, 3.63) is 70.3 Å². The quantitative estimate of drug-likeness (QED) is 0.651. The summed E-state index contributed by atoms with van der Waals surface area (Å²) < 4.78 is 1.80. The van der Waals surface area contributed by atoms with Crippen LogP contribution < -0.4 is 11.1 Å². The van der Waals surface area contributed by atoms with Gasteiger partial charge in [0.05, 0.1) is 10.6 Å². The molecule has 0 radical (unpaired) electrons. The molecule has 0 aliphatic carbocycles. The summed E-state index contributed by atoms with van der Waals surface area (Å²) in [6.07, 6.45) is 3.67. The second-order valence-corrected chi connectivity index (χ2v) is 8.05. The number of carbonyl (C=O) groups is 2. The van der Waals surface area contributed by atoms with E-state index in [-0.39, 0.29) is 12.5 Å². The predicted octanol–water partition coefficient (Wildman–Crippen LogP) is 3.64. The lowest BCUT2D eigenvalue weighted by Crippen LogP contribution is -2.19. The number of primary amides is 1. The highest BCUT2D eigenvalue weighted by Gasteiger charge is 2.24. The predicted molar refractivity (Wildman–Crippen MR) is 118 cm³/mol. The van der Waals surface area contributed by atoms with Crippen LogP contribution >= 0.6 is 11.8 Å².